The van der Waals surface area contributed by atoms with Crippen LogP contribution in [0.4, 0.5) is 13.2 Å². The number of rotatable bonds is 1. The Morgan fingerprint density at radius 2 is 1.69 bits per heavy atom. The van der Waals surface area contributed by atoms with E-state index in [9.17, 15) is 13.2 Å². The molecule has 16 heavy (non-hydrogen) atoms. The zero-order valence-electron chi connectivity index (χ0n) is 10.4. The predicted octanol–water partition coefficient (Wildman–Crippen LogP) is 2.35. The molecule has 1 saturated heterocycles. The molecule has 96 valence electrons. The molecular weight excluding hydrogens is 217 g/mol. The van der Waals surface area contributed by atoms with Crippen molar-refractivity contribution in [2.45, 2.75) is 45.5 Å². The standard InChI is InChI=1S/C11H21F3N2/c1-9-7-16(10(2,3)4)6-5-15(9)8-11(12,13)14/h9H,5-8H2,1-4H3. The van der Waals surface area contributed by atoms with E-state index in [1.165, 1.54) is 4.90 Å². The van der Waals surface area contributed by atoms with Gasteiger partial charge in [0.05, 0.1) is 6.54 Å². The van der Waals surface area contributed by atoms with Gasteiger partial charge in [-0.3, -0.25) is 9.80 Å². The van der Waals surface area contributed by atoms with Gasteiger partial charge in [-0.1, -0.05) is 0 Å². The summed E-state index contributed by atoms with van der Waals surface area (Å²) in [7, 11) is 0. The third-order valence-corrected chi connectivity index (χ3v) is 3.10. The highest BCUT2D eigenvalue weighted by Gasteiger charge is 2.36. The highest BCUT2D eigenvalue weighted by molar-refractivity contribution is 4.86. The van der Waals surface area contributed by atoms with E-state index in [-0.39, 0.29) is 11.6 Å². The molecule has 1 heterocycles. The number of hydrogen-bond acceptors (Lipinski definition) is 2. The van der Waals surface area contributed by atoms with Crippen LogP contribution >= 0.6 is 0 Å². The van der Waals surface area contributed by atoms with Crippen LogP contribution in [0.1, 0.15) is 27.7 Å². The van der Waals surface area contributed by atoms with Gasteiger partial charge in [0.1, 0.15) is 0 Å². The van der Waals surface area contributed by atoms with Crippen LogP contribution in [0.15, 0.2) is 0 Å². The van der Waals surface area contributed by atoms with Crippen molar-refractivity contribution in [3.63, 3.8) is 0 Å². The second kappa shape index (κ2) is 4.53. The van der Waals surface area contributed by atoms with Gasteiger partial charge in [0.25, 0.3) is 0 Å². The van der Waals surface area contributed by atoms with Crippen molar-refractivity contribution in [1.82, 2.24) is 9.80 Å². The smallest absolute Gasteiger partial charge is 0.296 e. The van der Waals surface area contributed by atoms with Crippen LogP contribution in [0.2, 0.25) is 0 Å². The van der Waals surface area contributed by atoms with Crippen LogP contribution in [0, 0.1) is 0 Å². The molecular formula is C11H21F3N2. The van der Waals surface area contributed by atoms with Gasteiger partial charge in [-0.25, -0.2) is 0 Å². The maximum atomic E-state index is 12.3. The largest absolute Gasteiger partial charge is 0.401 e. The number of nitrogens with zero attached hydrogens (tertiary/aromatic N) is 2. The maximum absolute atomic E-state index is 12.3. The lowest BCUT2D eigenvalue weighted by atomic mass is 10.0. The lowest BCUT2D eigenvalue weighted by Gasteiger charge is -2.45. The first-order chi connectivity index (χ1) is 7.09. The van der Waals surface area contributed by atoms with Gasteiger partial charge in [-0.2, -0.15) is 13.2 Å². The Bertz CT molecular complexity index is 232. The Morgan fingerprint density at radius 1 is 1.12 bits per heavy atom. The normalized spacial score (nSPS) is 26.1. The van der Waals surface area contributed by atoms with E-state index in [0.717, 1.165) is 0 Å². The molecule has 1 aliphatic rings. The second-order valence-corrected chi connectivity index (χ2v) is 5.55. The van der Waals surface area contributed by atoms with Crippen molar-refractivity contribution in [2.75, 3.05) is 26.2 Å². The highest BCUT2D eigenvalue weighted by Crippen LogP contribution is 2.23. The quantitative estimate of drug-likeness (QED) is 0.692. The first-order valence-corrected chi connectivity index (χ1v) is 5.65. The molecule has 2 nitrogen and oxygen atoms in total. The zero-order valence-corrected chi connectivity index (χ0v) is 10.4. The second-order valence-electron chi connectivity index (χ2n) is 5.55. The van der Waals surface area contributed by atoms with Crippen LogP contribution < -0.4 is 0 Å². The van der Waals surface area contributed by atoms with Gasteiger partial charge < -0.3 is 0 Å². The van der Waals surface area contributed by atoms with Gasteiger partial charge in [0.15, 0.2) is 0 Å². The van der Waals surface area contributed by atoms with Crippen LogP contribution in [-0.2, 0) is 0 Å². The van der Waals surface area contributed by atoms with Crippen LogP contribution in [0.5, 0.6) is 0 Å². The van der Waals surface area contributed by atoms with E-state index in [4.69, 9.17) is 0 Å². The van der Waals surface area contributed by atoms with Gasteiger partial charge >= 0.3 is 6.18 Å². The lowest BCUT2D eigenvalue weighted by molar-refractivity contribution is -0.156. The van der Waals surface area contributed by atoms with Crippen molar-refractivity contribution < 1.29 is 13.2 Å². The number of alkyl halides is 3. The fourth-order valence-corrected chi connectivity index (χ4v) is 2.07. The van der Waals surface area contributed by atoms with E-state index < -0.39 is 12.7 Å². The summed E-state index contributed by atoms with van der Waals surface area (Å²) in [5.41, 5.74) is 0.0403. The highest BCUT2D eigenvalue weighted by atomic mass is 19.4. The van der Waals surface area contributed by atoms with E-state index in [1.807, 2.05) is 6.92 Å². The lowest BCUT2D eigenvalue weighted by Crippen LogP contribution is -2.58. The van der Waals surface area contributed by atoms with Crippen molar-refractivity contribution in [3.05, 3.63) is 0 Å². The van der Waals surface area contributed by atoms with Crippen LogP contribution in [-0.4, -0.2) is 53.7 Å². The minimum absolute atomic E-state index is 0.0328. The zero-order chi connectivity index (χ0) is 12.6. The SMILES string of the molecule is CC1CN(C(C)(C)C)CCN1CC(F)(F)F. The summed E-state index contributed by atoms with van der Waals surface area (Å²) in [6.45, 7) is 9.29. The molecule has 1 aliphatic heterocycles. The molecule has 0 amide bonds. The minimum Gasteiger partial charge on any atom is -0.296 e. The molecule has 0 aromatic heterocycles. The van der Waals surface area contributed by atoms with Crippen LogP contribution in [0.3, 0.4) is 0 Å². The topological polar surface area (TPSA) is 6.48 Å². The summed E-state index contributed by atoms with van der Waals surface area (Å²) < 4.78 is 36.9. The molecule has 5 heteroatoms. The Balaban J connectivity index is 2.53. The van der Waals surface area contributed by atoms with Crippen LogP contribution in [0.25, 0.3) is 0 Å². The molecule has 0 bridgehead atoms. The van der Waals surface area contributed by atoms with Gasteiger partial charge in [0, 0.05) is 31.2 Å². The molecule has 1 atom stereocenters. The minimum atomic E-state index is -4.09. The average Bonchev–Trinajstić information content (AvgIpc) is 2.04. The fourth-order valence-electron chi connectivity index (χ4n) is 2.07. The number of hydrogen-bond donors (Lipinski definition) is 0. The van der Waals surface area contributed by atoms with E-state index in [2.05, 4.69) is 25.7 Å². The molecule has 1 rings (SSSR count). The summed E-state index contributed by atoms with van der Waals surface area (Å²) in [5, 5.41) is 0. The average molecular weight is 238 g/mol. The predicted molar refractivity (Wildman–Crippen MR) is 58.4 cm³/mol. The fraction of sp³-hybridized carbons (Fsp3) is 1.00. The van der Waals surface area contributed by atoms with E-state index >= 15 is 0 Å². The first-order valence-electron chi connectivity index (χ1n) is 5.65. The molecule has 0 aromatic rings. The van der Waals surface area contributed by atoms with Crippen molar-refractivity contribution >= 4 is 0 Å². The van der Waals surface area contributed by atoms with Gasteiger partial charge in [-0.15, -0.1) is 0 Å². The summed E-state index contributed by atoms with van der Waals surface area (Å²) in [5.74, 6) is 0. The first kappa shape index (κ1) is 13.8. The van der Waals surface area contributed by atoms with Gasteiger partial charge in [0.2, 0.25) is 0 Å². The Labute approximate surface area is 95.4 Å². The molecule has 0 spiro atoms. The summed E-state index contributed by atoms with van der Waals surface area (Å²) in [6.07, 6.45) is -4.09. The van der Waals surface area contributed by atoms with E-state index in [0.29, 0.717) is 19.6 Å². The molecule has 1 fully saturated rings. The van der Waals surface area contributed by atoms with Gasteiger partial charge in [-0.05, 0) is 27.7 Å². The van der Waals surface area contributed by atoms with E-state index in [1.54, 1.807) is 0 Å². The molecule has 0 saturated carbocycles. The monoisotopic (exact) mass is 238 g/mol. The summed E-state index contributed by atoms with van der Waals surface area (Å²) >= 11 is 0. The Kier molecular flexibility index (Phi) is 3.90. The number of piperazine rings is 1. The number of halogens is 3. The Hall–Kier alpha value is -0.290. The summed E-state index contributed by atoms with van der Waals surface area (Å²) in [4.78, 5) is 3.76. The maximum Gasteiger partial charge on any atom is 0.401 e. The summed E-state index contributed by atoms with van der Waals surface area (Å²) in [6, 6.07) is -0.0328. The third kappa shape index (κ3) is 3.94. The Morgan fingerprint density at radius 3 is 2.06 bits per heavy atom. The third-order valence-electron chi connectivity index (χ3n) is 3.10. The molecule has 1 unspecified atom stereocenters. The van der Waals surface area contributed by atoms with Crippen molar-refractivity contribution in [3.8, 4) is 0 Å². The van der Waals surface area contributed by atoms with Crippen molar-refractivity contribution in [1.29, 1.82) is 0 Å². The molecule has 0 radical (unpaired) electrons. The van der Waals surface area contributed by atoms with Crippen molar-refractivity contribution in [2.24, 2.45) is 0 Å². The molecule has 0 N–H and O–H groups in total. The molecule has 0 aromatic carbocycles. The molecule has 0 aliphatic carbocycles.